The predicted molar refractivity (Wildman–Crippen MR) is 90.9 cm³/mol. The van der Waals surface area contributed by atoms with Gasteiger partial charge in [-0.3, -0.25) is 4.79 Å². The van der Waals surface area contributed by atoms with Crippen LogP contribution in [0.1, 0.15) is 5.56 Å². The van der Waals surface area contributed by atoms with Crippen LogP contribution in [-0.2, 0) is 14.3 Å². The third-order valence-electron chi connectivity index (χ3n) is 3.43. The SMILES string of the molecule is O=C(COC(=O)C1=Cc2ccccc2OC1)Nc1ccc(F)cc1Cl. The van der Waals surface area contributed by atoms with E-state index in [-0.39, 0.29) is 17.3 Å². The van der Waals surface area contributed by atoms with Crippen molar-refractivity contribution in [2.45, 2.75) is 0 Å². The maximum Gasteiger partial charge on any atom is 0.338 e. The van der Waals surface area contributed by atoms with Crippen LogP contribution < -0.4 is 10.1 Å². The summed E-state index contributed by atoms with van der Waals surface area (Å²) in [7, 11) is 0. The van der Waals surface area contributed by atoms with Crippen molar-refractivity contribution in [3.05, 3.63) is 64.4 Å². The lowest BCUT2D eigenvalue weighted by Gasteiger charge is -2.16. The summed E-state index contributed by atoms with van der Waals surface area (Å²) in [5, 5.41) is 2.50. The number of para-hydroxylation sites is 1. The van der Waals surface area contributed by atoms with Gasteiger partial charge in [-0.15, -0.1) is 0 Å². The van der Waals surface area contributed by atoms with Crippen LogP contribution in [-0.4, -0.2) is 25.1 Å². The van der Waals surface area contributed by atoms with E-state index in [4.69, 9.17) is 21.1 Å². The number of esters is 1. The molecule has 0 aromatic heterocycles. The standard InChI is InChI=1S/C18H13ClFNO4/c19-14-8-13(20)5-6-15(14)21-17(22)10-25-18(23)12-7-11-3-1-2-4-16(11)24-9-12/h1-8H,9-10H2,(H,21,22). The number of halogens is 2. The normalized spacial score (nSPS) is 12.5. The van der Waals surface area contributed by atoms with E-state index < -0.39 is 24.3 Å². The topological polar surface area (TPSA) is 64.6 Å². The second-order valence-corrected chi connectivity index (χ2v) is 5.65. The number of anilines is 1. The molecule has 5 nitrogen and oxygen atoms in total. The fourth-order valence-corrected chi connectivity index (χ4v) is 2.45. The van der Waals surface area contributed by atoms with Crippen LogP contribution in [0, 0.1) is 5.82 Å². The number of fused-ring (bicyclic) bond motifs is 1. The minimum Gasteiger partial charge on any atom is -0.488 e. The van der Waals surface area contributed by atoms with Gasteiger partial charge in [0.15, 0.2) is 6.61 Å². The Labute approximate surface area is 148 Å². The van der Waals surface area contributed by atoms with Crippen LogP contribution >= 0.6 is 11.6 Å². The first kappa shape index (κ1) is 17.0. The molecule has 1 N–H and O–H groups in total. The number of amides is 1. The monoisotopic (exact) mass is 361 g/mol. The highest BCUT2D eigenvalue weighted by Crippen LogP contribution is 2.26. The molecule has 1 heterocycles. The van der Waals surface area contributed by atoms with E-state index in [9.17, 15) is 14.0 Å². The lowest BCUT2D eigenvalue weighted by molar-refractivity contribution is -0.143. The molecule has 3 rings (SSSR count). The van der Waals surface area contributed by atoms with Crippen molar-refractivity contribution in [1.29, 1.82) is 0 Å². The second kappa shape index (κ2) is 7.36. The van der Waals surface area contributed by atoms with E-state index in [1.54, 1.807) is 12.1 Å². The average Bonchev–Trinajstić information content (AvgIpc) is 2.61. The van der Waals surface area contributed by atoms with Crippen LogP contribution in [0.4, 0.5) is 10.1 Å². The van der Waals surface area contributed by atoms with Crippen molar-refractivity contribution in [2.75, 3.05) is 18.5 Å². The Morgan fingerprint density at radius 1 is 1.24 bits per heavy atom. The first-order valence-corrected chi connectivity index (χ1v) is 7.75. The summed E-state index contributed by atoms with van der Waals surface area (Å²) in [6.45, 7) is -0.424. The van der Waals surface area contributed by atoms with E-state index >= 15 is 0 Å². The summed E-state index contributed by atoms with van der Waals surface area (Å²) in [4.78, 5) is 23.9. The molecule has 7 heteroatoms. The van der Waals surface area contributed by atoms with E-state index in [1.165, 1.54) is 6.07 Å². The Balaban J connectivity index is 1.57. The third-order valence-corrected chi connectivity index (χ3v) is 3.75. The quantitative estimate of drug-likeness (QED) is 0.847. The first-order chi connectivity index (χ1) is 12.0. The van der Waals surface area contributed by atoms with Gasteiger partial charge in [0.2, 0.25) is 0 Å². The molecule has 0 unspecified atom stereocenters. The van der Waals surface area contributed by atoms with Gasteiger partial charge in [0.25, 0.3) is 5.91 Å². The van der Waals surface area contributed by atoms with Gasteiger partial charge < -0.3 is 14.8 Å². The molecule has 2 aromatic carbocycles. The Hall–Kier alpha value is -2.86. The van der Waals surface area contributed by atoms with Gasteiger partial charge in [-0.05, 0) is 30.3 Å². The Morgan fingerprint density at radius 3 is 2.84 bits per heavy atom. The highest BCUT2D eigenvalue weighted by molar-refractivity contribution is 6.33. The van der Waals surface area contributed by atoms with Crippen LogP contribution in [0.2, 0.25) is 5.02 Å². The van der Waals surface area contributed by atoms with E-state index in [1.807, 2.05) is 18.2 Å². The highest BCUT2D eigenvalue weighted by Gasteiger charge is 2.19. The molecular formula is C18H13ClFNO4. The zero-order valence-electron chi connectivity index (χ0n) is 12.9. The summed E-state index contributed by atoms with van der Waals surface area (Å²) < 4.78 is 23.4. The lowest BCUT2D eigenvalue weighted by Crippen LogP contribution is -2.24. The number of hydrogen-bond donors (Lipinski definition) is 1. The maximum absolute atomic E-state index is 13.0. The van der Waals surface area contributed by atoms with Gasteiger partial charge >= 0.3 is 5.97 Å². The number of ether oxygens (including phenoxy) is 2. The summed E-state index contributed by atoms with van der Waals surface area (Å²) in [5.41, 5.74) is 1.31. The smallest absolute Gasteiger partial charge is 0.338 e. The van der Waals surface area contributed by atoms with Crippen molar-refractivity contribution in [3.8, 4) is 5.75 Å². The van der Waals surface area contributed by atoms with Gasteiger partial charge in [0.05, 0.1) is 16.3 Å². The van der Waals surface area contributed by atoms with Crippen molar-refractivity contribution in [2.24, 2.45) is 0 Å². The maximum atomic E-state index is 13.0. The Kier molecular flexibility index (Phi) is 5.00. The molecule has 2 aromatic rings. The molecular weight excluding hydrogens is 349 g/mol. The Morgan fingerprint density at radius 2 is 2.04 bits per heavy atom. The largest absolute Gasteiger partial charge is 0.488 e. The average molecular weight is 362 g/mol. The number of hydrogen-bond acceptors (Lipinski definition) is 4. The molecule has 25 heavy (non-hydrogen) atoms. The zero-order chi connectivity index (χ0) is 17.8. The fourth-order valence-electron chi connectivity index (χ4n) is 2.23. The molecule has 128 valence electrons. The number of carbonyl (C=O) groups excluding carboxylic acids is 2. The second-order valence-electron chi connectivity index (χ2n) is 5.24. The number of benzene rings is 2. The van der Waals surface area contributed by atoms with Crippen LogP contribution in [0.25, 0.3) is 6.08 Å². The van der Waals surface area contributed by atoms with Crippen LogP contribution in [0.5, 0.6) is 5.75 Å². The first-order valence-electron chi connectivity index (χ1n) is 7.37. The molecule has 1 amide bonds. The van der Waals surface area contributed by atoms with Crippen molar-refractivity contribution in [3.63, 3.8) is 0 Å². The van der Waals surface area contributed by atoms with Gasteiger partial charge in [-0.1, -0.05) is 29.8 Å². The molecule has 0 radical (unpaired) electrons. The highest BCUT2D eigenvalue weighted by atomic mass is 35.5. The summed E-state index contributed by atoms with van der Waals surface area (Å²) in [5.74, 6) is -1.06. The zero-order valence-corrected chi connectivity index (χ0v) is 13.7. The molecule has 0 atom stereocenters. The van der Waals surface area contributed by atoms with Gasteiger partial charge in [0, 0.05) is 5.56 Å². The van der Waals surface area contributed by atoms with Crippen molar-refractivity contribution >= 4 is 35.2 Å². The Bertz CT molecular complexity index is 866. The molecule has 1 aliphatic rings. The minimum atomic E-state index is -0.644. The molecule has 0 spiro atoms. The molecule has 1 aliphatic heterocycles. The van der Waals surface area contributed by atoms with E-state index in [2.05, 4.69) is 5.32 Å². The summed E-state index contributed by atoms with van der Waals surface area (Å²) >= 11 is 5.82. The third kappa shape index (κ3) is 4.16. The molecule has 0 fully saturated rings. The van der Waals surface area contributed by atoms with E-state index in [0.717, 1.165) is 17.7 Å². The lowest BCUT2D eigenvalue weighted by atomic mass is 10.1. The molecule has 0 saturated heterocycles. The molecule has 0 bridgehead atoms. The summed E-state index contributed by atoms with van der Waals surface area (Å²) in [6.07, 6.45) is 1.66. The van der Waals surface area contributed by atoms with E-state index in [0.29, 0.717) is 11.3 Å². The predicted octanol–water partition coefficient (Wildman–Crippen LogP) is 3.44. The van der Waals surface area contributed by atoms with Crippen molar-refractivity contribution < 1.29 is 23.5 Å². The minimum absolute atomic E-state index is 0.0553. The van der Waals surface area contributed by atoms with Gasteiger partial charge in [0.1, 0.15) is 18.2 Å². The summed E-state index contributed by atoms with van der Waals surface area (Å²) in [6, 6.07) is 10.8. The molecule has 0 saturated carbocycles. The molecule has 0 aliphatic carbocycles. The van der Waals surface area contributed by atoms with Crippen LogP contribution in [0.15, 0.2) is 48.0 Å². The number of rotatable bonds is 4. The van der Waals surface area contributed by atoms with Crippen LogP contribution in [0.3, 0.4) is 0 Å². The van der Waals surface area contributed by atoms with Gasteiger partial charge in [-0.25, -0.2) is 9.18 Å². The van der Waals surface area contributed by atoms with Crippen molar-refractivity contribution in [1.82, 2.24) is 0 Å². The number of carbonyl (C=O) groups is 2. The van der Waals surface area contributed by atoms with Gasteiger partial charge in [-0.2, -0.15) is 0 Å². The number of nitrogens with one attached hydrogen (secondary N) is 1. The fraction of sp³-hybridized carbons (Fsp3) is 0.111.